The molecule has 1 unspecified atom stereocenters. The van der Waals surface area contributed by atoms with Crippen molar-refractivity contribution in [2.45, 2.75) is 26.2 Å². The fraction of sp³-hybridized carbons (Fsp3) is 0.357. The van der Waals surface area contributed by atoms with Crippen molar-refractivity contribution in [3.63, 3.8) is 0 Å². The summed E-state index contributed by atoms with van der Waals surface area (Å²) in [6.45, 7) is 2.10. The van der Waals surface area contributed by atoms with Crippen molar-refractivity contribution >= 4 is 11.4 Å². The Morgan fingerprint density at radius 2 is 2.07 bits per heavy atom. The second kappa shape index (κ2) is 2.82. The van der Waals surface area contributed by atoms with E-state index in [1.807, 2.05) is 0 Å². The monoisotopic (exact) mass is 198 g/mol. The maximum absolute atomic E-state index is 12.0. The molecule has 3 rings (SSSR count). The number of benzene rings is 1. The molecule has 0 saturated heterocycles. The molecule has 0 aromatic heterocycles. The van der Waals surface area contributed by atoms with Crippen molar-refractivity contribution in [2.24, 2.45) is 5.41 Å². The van der Waals surface area contributed by atoms with Gasteiger partial charge in [0.2, 0.25) is 0 Å². The Labute approximate surface area is 89.8 Å². The predicted octanol–water partition coefficient (Wildman–Crippen LogP) is 3.00. The molecule has 0 saturated carbocycles. The van der Waals surface area contributed by atoms with E-state index >= 15 is 0 Å². The molecule has 0 bridgehead atoms. The molecule has 1 atom stereocenters. The SMILES string of the molecule is CC12Cc3ccccc3C1=CCCC2=O. The van der Waals surface area contributed by atoms with E-state index < -0.39 is 0 Å². The van der Waals surface area contributed by atoms with Gasteiger partial charge in [0.1, 0.15) is 5.78 Å². The summed E-state index contributed by atoms with van der Waals surface area (Å²) in [4.78, 5) is 12.0. The van der Waals surface area contributed by atoms with Crippen molar-refractivity contribution < 1.29 is 4.79 Å². The van der Waals surface area contributed by atoms with E-state index in [4.69, 9.17) is 0 Å². The molecule has 1 nitrogen and oxygen atoms in total. The fourth-order valence-electron chi connectivity index (χ4n) is 2.92. The molecule has 0 aliphatic heterocycles. The molecule has 1 heteroatoms. The van der Waals surface area contributed by atoms with Crippen molar-refractivity contribution in [2.75, 3.05) is 0 Å². The first kappa shape index (κ1) is 8.90. The van der Waals surface area contributed by atoms with Gasteiger partial charge in [-0.2, -0.15) is 0 Å². The number of ketones is 1. The molecular weight excluding hydrogens is 184 g/mol. The van der Waals surface area contributed by atoms with Gasteiger partial charge in [0.15, 0.2) is 0 Å². The molecule has 0 N–H and O–H groups in total. The zero-order valence-electron chi connectivity index (χ0n) is 8.92. The van der Waals surface area contributed by atoms with E-state index in [1.54, 1.807) is 0 Å². The van der Waals surface area contributed by atoms with Gasteiger partial charge in [0, 0.05) is 6.42 Å². The van der Waals surface area contributed by atoms with Crippen molar-refractivity contribution in [1.29, 1.82) is 0 Å². The topological polar surface area (TPSA) is 17.1 Å². The molecule has 0 radical (unpaired) electrons. The van der Waals surface area contributed by atoms with Crippen LogP contribution < -0.4 is 0 Å². The Balaban J connectivity index is 2.22. The summed E-state index contributed by atoms with van der Waals surface area (Å²) in [7, 11) is 0. The van der Waals surface area contributed by atoms with Crippen LogP contribution in [0.4, 0.5) is 0 Å². The minimum atomic E-state index is -0.220. The van der Waals surface area contributed by atoms with Crippen LogP contribution in [0.2, 0.25) is 0 Å². The van der Waals surface area contributed by atoms with Crippen LogP contribution >= 0.6 is 0 Å². The van der Waals surface area contributed by atoms with Crippen LogP contribution in [0.25, 0.3) is 5.57 Å². The largest absolute Gasteiger partial charge is 0.299 e. The van der Waals surface area contributed by atoms with Gasteiger partial charge >= 0.3 is 0 Å². The van der Waals surface area contributed by atoms with Crippen LogP contribution in [-0.4, -0.2) is 5.78 Å². The molecule has 0 spiro atoms. The summed E-state index contributed by atoms with van der Waals surface area (Å²) < 4.78 is 0. The second-order valence-corrected chi connectivity index (χ2v) is 4.75. The van der Waals surface area contributed by atoms with E-state index in [2.05, 4.69) is 37.3 Å². The molecule has 1 aromatic carbocycles. The molecule has 2 aliphatic rings. The normalized spacial score (nSPS) is 28.3. The lowest BCUT2D eigenvalue weighted by Crippen LogP contribution is -2.29. The van der Waals surface area contributed by atoms with Gasteiger partial charge in [-0.1, -0.05) is 30.3 Å². The van der Waals surface area contributed by atoms with Gasteiger partial charge in [-0.3, -0.25) is 4.79 Å². The maximum atomic E-state index is 12.0. The number of carbonyl (C=O) groups excluding carboxylic acids is 1. The van der Waals surface area contributed by atoms with Crippen LogP contribution in [-0.2, 0) is 11.2 Å². The number of hydrogen-bond acceptors (Lipinski definition) is 1. The highest BCUT2D eigenvalue weighted by Crippen LogP contribution is 2.49. The van der Waals surface area contributed by atoms with Crippen molar-refractivity contribution in [3.05, 3.63) is 41.5 Å². The van der Waals surface area contributed by atoms with E-state index in [9.17, 15) is 4.79 Å². The first-order valence-electron chi connectivity index (χ1n) is 5.54. The summed E-state index contributed by atoms with van der Waals surface area (Å²) in [5.41, 5.74) is 3.69. The Hall–Kier alpha value is -1.37. The Bertz CT molecular complexity index is 470. The lowest BCUT2D eigenvalue weighted by atomic mass is 9.73. The van der Waals surface area contributed by atoms with Crippen molar-refractivity contribution in [3.8, 4) is 0 Å². The lowest BCUT2D eigenvalue weighted by Gasteiger charge is -2.28. The molecule has 0 amide bonds. The minimum absolute atomic E-state index is 0.220. The quantitative estimate of drug-likeness (QED) is 0.626. The summed E-state index contributed by atoms with van der Waals surface area (Å²) in [5.74, 6) is 0.413. The van der Waals surface area contributed by atoms with E-state index in [0.717, 1.165) is 12.8 Å². The van der Waals surface area contributed by atoms with Gasteiger partial charge in [0.25, 0.3) is 0 Å². The number of rotatable bonds is 0. The zero-order chi connectivity index (χ0) is 10.5. The van der Waals surface area contributed by atoms with Crippen LogP contribution in [0.1, 0.15) is 30.9 Å². The first-order chi connectivity index (χ1) is 7.22. The number of Topliss-reactive ketones (excluding diaryl/α,β-unsaturated/α-hetero) is 1. The lowest BCUT2D eigenvalue weighted by molar-refractivity contribution is -0.125. The summed E-state index contributed by atoms with van der Waals surface area (Å²) in [6, 6.07) is 8.41. The van der Waals surface area contributed by atoms with Gasteiger partial charge in [-0.25, -0.2) is 0 Å². The van der Waals surface area contributed by atoms with Crippen LogP contribution in [0.3, 0.4) is 0 Å². The maximum Gasteiger partial charge on any atom is 0.143 e. The molecule has 0 fully saturated rings. The van der Waals surface area contributed by atoms with Gasteiger partial charge in [0.05, 0.1) is 5.41 Å². The third-order valence-corrected chi connectivity index (χ3v) is 3.78. The number of fused-ring (bicyclic) bond motifs is 3. The van der Waals surface area contributed by atoms with Crippen LogP contribution in [0, 0.1) is 5.41 Å². The Kier molecular flexibility index (Phi) is 1.67. The fourth-order valence-corrected chi connectivity index (χ4v) is 2.92. The molecular formula is C14H14O. The van der Waals surface area contributed by atoms with E-state index in [1.165, 1.54) is 16.7 Å². The molecule has 76 valence electrons. The van der Waals surface area contributed by atoms with Crippen LogP contribution in [0.5, 0.6) is 0 Å². The second-order valence-electron chi connectivity index (χ2n) is 4.75. The summed E-state index contributed by atoms with van der Waals surface area (Å²) in [5, 5.41) is 0. The van der Waals surface area contributed by atoms with Crippen LogP contribution in [0.15, 0.2) is 30.3 Å². The van der Waals surface area contributed by atoms with Gasteiger partial charge in [-0.05, 0) is 36.5 Å². The molecule has 1 aromatic rings. The Morgan fingerprint density at radius 3 is 2.93 bits per heavy atom. The number of carbonyl (C=O) groups is 1. The first-order valence-corrected chi connectivity index (χ1v) is 5.54. The average molecular weight is 198 g/mol. The van der Waals surface area contributed by atoms with E-state index in [-0.39, 0.29) is 5.41 Å². The number of allylic oxidation sites excluding steroid dienone is 2. The van der Waals surface area contributed by atoms with E-state index in [0.29, 0.717) is 12.2 Å². The third-order valence-electron chi connectivity index (χ3n) is 3.78. The molecule has 2 aliphatic carbocycles. The zero-order valence-corrected chi connectivity index (χ0v) is 8.92. The Morgan fingerprint density at radius 1 is 1.27 bits per heavy atom. The summed E-state index contributed by atoms with van der Waals surface area (Å²) in [6.07, 6.45) is 4.78. The molecule has 0 heterocycles. The highest BCUT2D eigenvalue weighted by molar-refractivity contribution is 6.02. The standard InChI is InChI=1S/C14H14O/c1-14-9-10-5-2-3-6-11(10)12(14)7-4-8-13(14)15/h2-3,5-7H,4,8-9H2,1H3. The van der Waals surface area contributed by atoms with Gasteiger partial charge < -0.3 is 0 Å². The average Bonchev–Trinajstić information content (AvgIpc) is 2.53. The van der Waals surface area contributed by atoms with Gasteiger partial charge in [-0.15, -0.1) is 0 Å². The number of hydrogen-bond donors (Lipinski definition) is 0. The third kappa shape index (κ3) is 1.06. The highest BCUT2D eigenvalue weighted by Gasteiger charge is 2.44. The molecule has 15 heavy (non-hydrogen) atoms. The van der Waals surface area contributed by atoms with Crippen molar-refractivity contribution in [1.82, 2.24) is 0 Å². The highest BCUT2D eigenvalue weighted by atomic mass is 16.1. The predicted molar refractivity (Wildman–Crippen MR) is 60.5 cm³/mol. The summed E-state index contributed by atoms with van der Waals surface area (Å²) >= 11 is 0. The minimum Gasteiger partial charge on any atom is -0.299 e. The smallest absolute Gasteiger partial charge is 0.143 e.